The molecule has 0 aliphatic carbocycles. The topological polar surface area (TPSA) is 44.1 Å². The van der Waals surface area contributed by atoms with Crippen molar-refractivity contribution in [2.24, 2.45) is 0 Å². The molecule has 0 N–H and O–H groups in total. The highest BCUT2D eigenvalue weighted by atomic mass is 19.1. The summed E-state index contributed by atoms with van der Waals surface area (Å²) in [4.78, 5) is 13.0. The molecule has 1 atom stereocenters. The fourth-order valence-corrected chi connectivity index (χ4v) is 1.22. The van der Waals surface area contributed by atoms with E-state index in [4.69, 9.17) is 5.26 Å². The van der Waals surface area contributed by atoms with Crippen LogP contribution in [0.4, 0.5) is 4.39 Å². The SMILES string of the molecule is C/C=C/CC(F)(C#N)C(=O)N(CC)CC. The Balaban J connectivity index is 4.80. The highest BCUT2D eigenvalue weighted by molar-refractivity contribution is 5.88. The number of carbonyl (C=O) groups is 1. The Labute approximate surface area is 90.2 Å². The summed E-state index contributed by atoms with van der Waals surface area (Å²) in [5.41, 5.74) is -2.42. The lowest BCUT2D eigenvalue weighted by atomic mass is 10.0. The second-order valence-electron chi connectivity index (χ2n) is 3.16. The predicted octanol–water partition coefficient (Wildman–Crippen LogP) is 2.05. The van der Waals surface area contributed by atoms with E-state index in [9.17, 15) is 9.18 Å². The Kier molecular flexibility index (Phi) is 5.61. The summed E-state index contributed by atoms with van der Waals surface area (Å²) in [6.45, 7) is 6.07. The van der Waals surface area contributed by atoms with Crippen LogP contribution in [0, 0.1) is 11.3 Å². The smallest absolute Gasteiger partial charge is 0.276 e. The summed E-state index contributed by atoms with van der Waals surface area (Å²) < 4.78 is 13.9. The molecule has 0 fully saturated rings. The molecule has 0 radical (unpaired) electrons. The lowest BCUT2D eigenvalue weighted by molar-refractivity contribution is -0.139. The van der Waals surface area contributed by atoms with Crippen LogP contribution in [0.3, 0.4) is 0 Å². The van der Waals surface area contributed by atoms with Gasteiger partial charge in [0.15, 0.2) is 0 Å². The second kappa shape index (κ2) is 6.18. The molecule has 15 heavy (non-hydrogen) atoms. The highest BCUT2D eigenvalue weighted by Crippen LogP contribution is 2.19. The molecule has 4 heteroatoms. The van der Waals surface area contributed by atoms with Crippen molar-refractivity contribution in [3.8, 4) is 6.07 Å². The van der Waals surface area contributed by atoms with Crippen LogP contribution in [-0.4, -0.2) is 29.6 Å². The molecule has 0 aliphatic heterocycles. The Morgan fingerprint density at radius 3 is 2.40 bits per heavy atom. The molecule has 0 spiro atoms. The van der Waals surface area contributed by atoms with E-state index >= 15 is 0 Å². The second-order valence-corrected chi connectivity index (χ2v) is 3.16. The molecule has 0 rings (SSSR count). The molecule has 3 nitrogen and oxygen atoms in total. The van der Waals surface area contributed by atoms with Crippen molar-refractivity contribution < 1.29 is 9.18 Å². The van der Waals surface area contributed by atoms with Crippen molar-refractivity contribution in [2.45, 2.75) is 32.9 Å². The molecule has 0 aromatic rings. The summed E-state index contributed by atoms with van der Waals surface area (Å²) in [5, 5.41) is 8.72. The van der Waals surface area contributed by atoms with Crippen molar-refractivity contribution in [1.29, 1.82) is 5.26 Å². The first-order chi connectivity index (χ1) is 7.05. The average Bonchev–Trinajstić information content (AvgIpc) is 2.27. The molecule has 0 saturated carbocycles. The summed E-state index contributed by atoms with van der Waals surface area (Å²) in [6.07, 6.45) is 2.93. The Morgan fingerprint density at radius 2 is 2.07 bits per heavy atom. The normalized spacial score (nSPS) is 14.6. The highest BCUT2D eigenvalue weighted by Gasteiger charge is 2.40. The zero-order valence-corrected chi connectivity index (χ0v) is 9.46. The number of amides is 1. The van der Waals surface area contributed by atoms with Crippen molar-refractivity contribution >= 4 is 5.91 Å². The molecular formula is C11H17FN2O. The molecule has 0 bridgehead atoms. The number of nitrogens with zero attached hydrogens (tertiary/aromatic N) is 2. The molecular weight excluding hydrogens is 195 g/mol. The zero-order valence-electron chi connectivity index (χ0n) is 9.46. The summed E-state index contributed by atoms with van der Waals surface area (Å²) in [6, 6.07) is 1.45. The van der Waals surface area contributed by atoms with Crippen LogP contribution in [0.5, 0.6) is 0 Å². The fourth-order valence-electron chi connectivity index (χ4n) is 1.22. The van der Waals surface area contributed by atoms with Crippen LogP contribution in [0.25, 0.3) is 0 Å². The third kappa shape index (κ3) is 3.35. The van der Waals surface area contributed by atoms with Gasteiger partial charge in [0.25, 0.3) is 11.6 Å². The maximum atomic E-state index is 13.9. The van der Waals surface area contributed by atoms with Gasteiger partial charge in [0, 0.05) is 19.5 Å². The van der Waals surface area contributed by atoms with E-state index in [-0.39, 0.29) is 6.42 Å². The summed E-state index contributed by atoms with van der Waals surface area (Å²) in [7, 11) is 0. The first kappa shape index (κ1) is 13.6. The molecule has 0 aromatic heterocycles. The van der Waals surface area contributed by atoms with Crippen LogP contribution >= 0.6 is 0 Å². The number of rotatable bonds is 5. The molecule has 0 saturated heterocycles. The van der Waals surface area contributed by atoms with E-state index in [1.54, 1.807) is 26.8 Å². The van der Waals surface area contributed by atoms with Gasteiger partial charge >= 0.3 is 0 Å². The maximum Gasteiger partial charge on any atom is 0.276 e. The number of carbonyl (C=O) groups excluding carboxylic acids is 1. The summed E-state index contributed by atoms with van der Waals surface area (Å²) >= 11 is 0. The van der Waals surface area contributed by atoms with Crippen LogP contribution in [0.15, 0.2) is 12.2 Å². The van der Waals surface area contributed by atoms with Gasteiger partial charge in [-0.25, -0.2) is 4.39 Å². The lowest BCUT2D eigenvalue weighted by Gasteiger charge is -2.24. The Bertz CT molecular complexity index is 279. The first-order valence-corrected chi connectivity index (χ1v) is 5.06. The number of hydrogen-bond acceptors (Lipinski definition) is 2. The fraction of sp³-hybridized carbons (Fsp3) is 0.636. The van der Waals surface area contributed by atoms with Crippen LogP contribution in [-0.2, 0) is 4.79 Å². The van der Waals surface area contributed by atoms with E-state index < -0.39 is 11.6 Å². The number of alkyl halides is 1. The quantitative estimate of drug-likeness (QED) is 0.655. The van der Waals surface area contributed by atoms with Crippen LogP contribution in [0.1, 0.15) is 27.2 Å². The van der Waals surface area contributed by atoms with Crippen molar-refractivity contribution in [3.05, 3.63) is 12.2 Å². The van der Waals surface area contributed by atoms with Gasteiger partial charge < -0.3 is 4.90 Å². The Hall–Kier alpha value is -1.37. The number of allylic oxidation sites excluding steroid dienone is 2. The lowest BCUT2D eigenvalue weighted by Crippen LogP contribution is -2.45. The molecule has 0 aliphatic rings. The van der Waals surface area contributed by atoms with Crippen LogP contribution in [0.2, 0.25) is 0 Å². The van der Waals surface area contributed by atoms with E-state index in [2.05, 4.69) is 0 Å². The number of hydrogen-bond donors (Lipinski definition) is 0. The van der Waals surface area contributed by atoms with Gasteiger partial charge in [-0.15, -0.1) is 0 Å². The number of nitriles is 1. The standard InChI is InChI=1S/C11H17FN2O/c1-4-7-8-11(12,9-13)10(15)14(5-2)6-3/h4,7H,5-6,8H2,1-3H3/b7-4+. The van der Waals surface area contributed by atoms with Gasteiger partial charge in [-0.05, 0) is 20.8 Å². The van der Waals surface area contributed by atoms with Gasteiger partial charge in [-0.3, -0.25) is 4.79 Å². The molecule has 1 amide bonds. The van der Waals surface area contributed by atoms with Crippen LogP contribution < -0.4 is 0 Å². The predicted molar refractivity (Wildman–Crippen MR) is 56.8 cm³/mol. The van der Waals surface area contributed by atoms with E-state index in [0.717, 1.165) is 0 Å². The largest absolute Gasteiger partial charge is 0.340 e. The van der Waals surface area contributed by atoms with E-state index in [1.165, 1.54) is 17.0 Å². The van der Waals surface area contributed by atoms with Crippen molar-refractivity contribution in [2.75, 3.05) is 13.1 Å². The number of halogens is 1. The molecule has 1 unspecified atom stereocenters. The minimum atomic E-state index is -2.42. The minimum Gasteiger partial charge on any atom is -0.340 e. The van der Waals surface area contributed by atoms with Gasteiger partial charge in [0.2, 0.25) is 0 Å². The maximum absolute atomic E-state index is 13.9. The van der Waals surface area contributed by atoms with Gasteiger partial charge in [-0.1, -0.05) is 12.2 Å². The summed E-state index contributed by atoms with van der Waals surface area (Å²) in [5.74, 6) is -0.743. The first-order valence-electron chi connectivity index (χ1n) is 5.06. The third-order valence-electron chi connectivity index (χ3n) is 2.20. The molecule has 84 valence electrons. The van der Waals surface area contributed by atoms with Gasteiger partial charge in [0.1, 0.15) is 6.07 Å². The van der Waals surface area contributed by atoms with Gasteiger partial charge in [0.05, 0.1) is 0 Å². The van der Waals surface area contributed by atoms with E-state index in [0.29, 0.717) is 13.1 Å². The van der Waals surface area contributed by atoms with Gasteiger partial charge in [-0.2, -0.15) is 5.26 Å². The monoisotopic (exact) mass is 212 g/mol. The van der Waals surface area contributed by atoms with E-state index in [1.807, 2.05) is 0 Å². The minimum absolute atomic E-state index is 0.185. The third-order valence-corrected chi connectivity index (χ3v) is 2.20. The van der Waals surface area contributed by atoms with Crippen molar-refractivity contribution in [1.82, 2.24) is 4.90 Å². The van der Waals surface area contributed by atoms with Crippen molar-refractivity contribution in [3.63, 3.8) is 0 Å². The Morgan fingerprint density at radius 1 is 1.53 bits per heavy atom. The molecule has 0 aromatic carbocycles. The average molecular weight is 212 g/mol. The molecule has 0 heterocycles. The zero-order chi connectivity index (χ0) is 11.9.